The van der Waals surface area contributed by atoms with Crippen molar-refractivity contribution in [2.45, 2.75) is 55.2 Å². The van der Waals surface area contributed by atoms with Crippen molar-refractivity contribution < 1.29 is 93.9 Å². The Balaban J connectivity index is 0.000000154. The van der Waals surface area contributed by atoms with Crippen LogP contribution in [0.3, 0.4) is 0 Å². The number of ether oxygens (including phenoxy) is 1. The maximum Gasteiger partial charge on any atom is 0.294 e. The molecule has 0 saturated carbocycles. The van der Waals surface area contributed by atoms with Crippen LogP contribution >= 0.6 is 59.7 Å². The number of anilines is 4. The van der Waals surface area contributed by atoms with Gasteiger partial charge >= 0.3 is 0 Å². The van der Waals surface area contributed by atoms with Crippen LogP contribution in [0.5, 0.6) is 11.5 Å². The molecule has 744 valence electrons. The van der Waals surface area contributed by atoms with Gasteiger partial charge in [-0.05, 0) is 225 Å². The zero-order valence-corrected chi connectivity index (χ0v) is 85.6. The lowest BCUT2D eigenvalue weighted by Crippen LogP contribution is -2.32. The van der Waals surface area contributed by atoms with E-state index >= 15 is 0 Å². The van der Waals surface area contributed by atoms with E-state index in [-0.39, 0.29) is 61.6 Å². The van der Waals surface area contributed by atoms with E-state index in [0.717, 1.165) is 99.0 Å². The number of aromatic hydroxyl groups is 1. The fourth-order valence-electron chi connectivity index (χ4n) is 15.1. The third kappa shape index (κ3) is 28.1. The number of aromatic nitrogens is 3. The van der Waals surface area contributed by atoms with Crippen LogP contribution in [0.15, 0.2) is 348 Å². The molecular formula is C102H94N10O22S10. The highest BCUT2D eigenvalue weighted by atomic mass is 32.2. The molecule has 17 rings (SSSR count). The third-order valence-corrected chi connectivity index (χ3v) is 30.3. The van der Waals surface area contributed by atoms with E-state index in [1.165, 1.54) is 93.6 Å². The number of fused-ring (bicyclic) bond motifs is 6. The lowest BCUT2D eigenvalue weighted by Gasteiger charge is -2.27. The number of rotatable bonds is 26. The van der Waals surface area contributed by atoms with E-state index in [9.17, 15) is 71.2 Å². The first-order valence-electron chi connectivity index (χ1n) is 44.0. The largest absolute Gasteiger partial charge is 0.504 e. The highest BCUT2D eigenvalue weighted by Crippen LogP contribution is 2.50. The van der Waals surface area contributed by atoms with Crippen molar-refractivity contribution >= 4 is 222 Å². The van der Waals surface area contributed by atoms with E-state index < -0.39 is 68.2 Å². The number of hydrogen-bond acceptors (Lipinski definition) is 27. The summed E-state index contributed by atoms with van der Waals surface area (Å²) in [5.41, 5.74) is 13.5. The van der Waals surface area contributed by atoms with Crippen molar-refractivity contribution in [1.82, 2.24) is 24.6 Å². The quantitative estimate of drug-likeness (QED) is 0.0115. The number of hydrogen-bond donors (Lipinski definition) is 7. The van der Waals surface area contributed by atoms with E-state index in [1.54, 1.807) is 105 Å². The van der Waals surface area contributed by atoms with Gasteiger partial charge in [0.2, 0.25) is 0 Å². The minimum Gasteiger partial charge on any atom is -0.504 e. The number of thioether (sulfide) groups is 3. The first kappa shape index (κ1) is 108. The van der Waals surface area contributed by atoms with Gasteiger partial charge in [0.1, 0.15) is 8.64 Å². The van der Waals surface area contributed by atoms with Gasteiger partial charge in [-0.1, -0.05) is 211 Å². The number of amides is 3. The van der Waals surface area contributed by atoms with Crippen molar-refractivity contribution in [3.63, 3.8) is 0 Å². The van der Waals surface area contributed by atoms with Crippen molar-refractivity contribution in [3.8, 4) is 17.2 Å². The first-order chi connectivity index (χ1) is 68.5. The molecule has 1 aliphatic carbocycles. The number of carbonyl (C=O) groups excluding carboxylic acids is 4. The Morgan fingerprint density at radius 2 is 1.05 bits per heavy atom. The number of nitrogens with zero attached hydrogens (tertiary/aromatic N) is 9. The van der Waals surface area contributed by atoms with Crippen LogP contribution in [0.2, 0.25) is 0 Å². The van der Waals surface area contributed by atoms with Crippen LogP contribution in [-0.4, -0.2) is 189 Å². The molecule has 8 heterocycles. The fourth-order valence-corrected chi connectivity index (χ4v) is 21.3. The molecule has 42 heteroatoms. The Hall–Kier alpha value is -13.7. The SMILES string of the molecule is CC1=NN(c2ccc(S(=O)(=O)O)cc2)C(=O)\C1=C/C=C/C=C/c1c(C)[nH]n(-c2ccc(S(=O)(=O)O)cc2)c1=O.CCN1C(=O)/C(=C\C=C2/C=CN(CCCS(=O)(=O)O)c3ccccc32)SC1=S.CCN1C=C/C(=C\C=C2C=CC(=O)C=C2)c2ccccc21.COc1cc(/C=C/c2ccnc3ccccc23)ccc1O.O=C1/C(=C\C=C2/Sc3c(ccc4ccccc34)N2CCCS(=O)(=O)O)SC(=S)N1CCS(=O)(=O)O. The standard InChI is InChI=1S/C25H22N4O8S2.C21H20N2O7S5.C19H20N2O4S3.C19H17NO.C18H15NO2/c1-16-22(24(30)28(26-16)18-8-12-20(13-9-18)38(32,33)34)6-4-3-5-7-23-17(2)27-29(25(23)31)19-10-14-21(15-11-19)39(35,36)37;24-20-17(32-21(31)23(20)11-13-35(28,29)30)8-9-18-22(10-3-12-34(25,26)27)16-7-6-14-4-1-2-5-15(14)19(16)33-18;1-2-21-18(22)17(27-19(21)26)9-8-14-10-12-20(11-5-13-28(23,24)25)16-7-4-3-6-15(14)16;1-2-20-14-13-16(18-5-3-4-6-19(18)20)10-7-15-8-11-17(21)12-9-15;1-21-18-12-13(7-9-17(18)20)6-8-14-10-11-19-16-5-3-2-4-15(14)16/h3-15,26H,1-2H3,(H,32,33,34)(H,35,36,37);1-2,4-9H,3,10-13H2,(H,25,26,27)(H,28,29,30);3-4,6-10,12H,2,5,11,13H2,1H3,(H,23,24,25);3-14H,2H2,1H3;2-12,20H,1H3/b5-3+,6-4+,23-7-;17-8+,18-9-;14-8+,17-9+;16-10+;8-6+. The summed E-state index contributed by atoms with van der Waals surface area (Å²) in [5.74, 6) is -1.57. The fraction of sp³-hybridized carbons (Fsp3) is 0.147. The Kier molecular flexibility index (Phi) is 35.6. The molecule has 0 unspecified atom stereocenters. The number of benzene rings is 8. The number of allylic oxidation sites excluding steroid dienone is 19. The number of H-pyrrole nitrogens is 1. The molecule has 3 amide bonds. The Morgan fingerprint density at radius 3 is 1.66 bits per heavy atom. The van der Waals surface area contributed by atoms with E-state index in [2.05, 4.69) is 75.7 Å². The summed E-state index contributed by atoms with van der Waals surface area (Å²) in [6.07, 6.45) is 40.4. The van der Waals surface area contributed by atoms with Crippen molar-refractivity contribution in [2.75, 3.05) is 76.8 Å². The predicted molar refractivity (Wildman–Crippen MR) is 578 cm³/mol. The second-order valence-corrected chi connectivity index (χ2v) is 43.9. The number of aromatic amines is 1. The average Bonchev–Trinajstić information content (AvgIpc) is 1.65. The van der Waals surface area contributed by atoms with Crippen molar-refractivity contribution in [1.29, 1.82) is 0 Å². The minimum absolute atomic E-state index is 0.0429. The van der Waals surface area contributed by atoms with Gasteiger partial charge < -0.3 is 24.5 Å². The smallest absolute Gasteiger partial charge is 0.294 e. The molecular weight excluding hydrogens is 2040 g/mol. The molecule has 0 spiro atoms. The topological polar surface area (TPSA) is 452 Å². The summed E-state index contributed by atoms with van der Waals surface area (Å²) in [5, 5.41) is 21.8. The lowest BCUT2D eigenvalue weighted by atomic mass is 9.98. The number of hydrazone groups is 1. The van der Waals surface area contributed by atoms with Crippen LogP contribution in [0.4, 0.5) is 22.7 Å². The number of methoxy groups -OCH3 is 1. The van der Waals surface area contributed by atoms with Crippen molar-refractivity contribution in [2.24, 2.45) is 5.10 Å². The number of carbonyl (C=O) groups is 4. The van der Waals surface area contributed by atoms with Crippen LogP contribution < -0.4 is 30.0 Å². The number of ketones is 1. The molecule has 6 aliphatic heterocycles. The van der Waals surface area contributed by atoms with Gasteiger partial charge in [-0.2, -0.15) is 52.2 Å². The van der Waals surface area contributed by atoms with Crippen molar-refractivity contribution in [3.05, 3.63) is 368 Å². The highest BCUT2D eigenvalue weighted by molar-refractivity contribution is 8.27. The number of para-hydroxylation sites is 3. The third-order valence-electron chi connectivity index (χ3n) is 22.3. The van der Waals surface area contributed by atoms with E-state index in [1.807, 2.05) is 156 Å². The summed E-state index contributed by atoms with van der Waals surface area (Å²) >= 11 is 14.2. The molecule has 0 atom stereocenters. The van der Waals surface area contributed by atoms with Gasteiger partial charge in [0.25, 0.3) is 73.9 Å². The van der Waals surface area contributed by atoms with Gasteiger partial charge in [-0.15, -0.1) is 0 Å². The Labute approximate surface area is 855 Å². The van der Waals surface area contributed by atoms with Gasteiger partial charge in [-0.3, -0.25) is 66.6 Å². The minimum atomic E-state index is -4.36. The van der Waals surface area contributed by atoms with Gasteiger partial charge in [0.05, 0.1) is 88.4 Å². The molecule has 144 heavy (non-hydrogen) atoms. The number of pyridine rings is 1. The van der Waals surface area contributed by atoms with Crippen LogP contribution in [0, 0.1) is 6.92 Å². The molecule has 10 aromatic rings. The molecule has 32 nitrogen and oxygen atoms in total. The molecule has 2 saturated heterocycles. The summed E-state index contributed by atoms with van der Waals surface area (Å²) in [6, 6.07) is 53.5. The summed E-state index contributed by atoms with van der Waals surface area (Å²) in [4.78, 5) is 76.3. The van der Waals surface area contributed by atoms with E-state index in [4.69, 9.17) is 51.9 Å². The average molecular weight is 2130 g/mol. The number of phenols is 1. The van der Waals surface area contributed by atoms with Gasteiger partial charge in [-0.25, -0.2) is 4.68 Å². The summed E-state index contributed by atoms with van der Waals surface area (Å²) in [6.45, 7) is 9.44. The van der Waals surface area contributed by atoms with Crippen LogP contribution in [-0.2, 0) is 69.8 Å². The zero-order valence-electron chi connectivity index (χ0n) is 77.4. The number of thiocarbonyl (C=S) groups is 2. The maximum atomic E-state index is 12.8. The van der Waals surface area contributed by atoms with Crippen LogP contribution in [0.25, 0.3) is 56.7 Å². The summed E-state index contributed by atoms with van der Waals surface area (Å²) in [7, 11) is -19.5. The number of likely N-dealkylation sites (N-methyl/N-ethyl adjacent to an activating group) is 1. The molecule has 2 aromatic heterocycles. The molecule has 0 bridgehead atoms. The molecule has 8 aromatic carbocycles. The predicted octanol–water partition coefficient (Wildman–Crippen LogP) is 18.0. The molecule has 7 N–H and O–H groups in total. The monoisotopic (exact) mass is 2130 g/mol. The highest BCUT2D eigenvalue weighted by Gasteiger charge is 2.35. The molecule has 0 radical (unpaired) electrons. The van der Waals surface area contributed by atoms with E-state index in [0.29, 0.717) is 79.9 Å². The van der Waals surface area contributed by atoms with Crippen LogP contribution in [0.1, 0.15) is 67.1 Å². The van der Waals surface area contributed by atoms with Gasteiger partial charge in [0, 0.05) is 89.8 Å². The zero-order chi connectivity index (χ0) is 104. The number of aryl methyl sites for hydroxylation is 1. The first-order valence-corrected chi connectivity index (χ1v) is 55.0. The maximum absolute atomic E-state index is 12.8. The number of phenolic OH excluding ortho intramolecular Hbond substituents is 1. The number of nitrogens with one attached hydrogen (secondary N) is 1. The molecule has 7 aliphatic rings. The Bertz CT molecular complexity index is 7930. The normalized spacial score (nSPS) is 17.0. The Morgan fingerprint density at radius 1 is 0.486 bits per heavy atom. The lowest BCUT2D eigenvalue weighted by molar-refractivity contribution is -0.122. The second-order valence-electron chi connectivity index (χ2n) is 31.9. The summed E-state index contributed by atoms with van der Waals surface area (Å²) < 4.78 is 164. The van der Waals surface area contributed by atoms with Gasteiger partial charge in [0.15, 0.2) is 17.3 Å². The second kappa shape index (κ2) is 47.7. The molecule has 2 fully saturated rings.